The summed E-state index contributed by atoms with van der Waals surface area (Å²) in [6.45, 7) is 0. The van der Waals surface area contributed by atoms with Gasteiger partial charge in [0, 0.05) is 0 Å². The Morgan fingerprint density at radius 3 is 2.45 bits per heavy atom. The van der Waals surface area contributed by atoms with Gasteiger partial charge in [0.1, 0.15) is 0 Å². The van der Waals surface area contributed by atoms with Gasteiger partial charge in [-0.05, 0) is 18.6 Å². The van der Waals surface area contributed by atoms with Crippen LogP contribution in [-0.4, -0.2) is 22.1 Å². The van der Waals surface area contributed by atoms with Crippen LogP contribution in [0.4, 0.5) is 0 Å². The van der Waals surface area contributed by atoms with E-state index in [1.54, 1.807) is 0 Å². The predicted octanol–water partition coefficient (Wildman–Crippen LogP) is 1.86. The molecule has 0 heterocycles. The Hall–Kier alpha value is 0.170. The fourth-order valence-corrected chi connectivity index (χ4v) is 1.16. The second-order valence-electron chi connectivity index (χ2n) is 2.43. The Bertz CT molecular complexity index is 117. The minimum absolute atomic E-state index is 0.491. The first-order chi connectivity index (χ1) is 5.18. The molecule has 11 heavy (non-hydrogen) atoms. The van der Waals surface area contributed by atoms with E-state index >= 15 is 0 Å². The van der Waals surface area contributed by atoms with Gasteiger partial charge in [-0.25, -0.2) is 0 Å². The van der Waals surface area contributed by atoms with Crippen LogP contribution in [0.5, 0.6) is 0 Å². The second kappa shape index (κ2) is 6.85. The Morgan fingerprint density at radius 1 is 1.36 bits per heavy atom. The van der Waals surface area contributed by atoms with Gasteiger partial charge in [-0.3, -0.25) is 4.79 Å². The van der Waals surface area contributed by atoms with Gasteiger partial charge < -0.3 is 5.11 Å². The van der Waals surface area contributed by atoms with E-state index in [9.17, 15) is 4.79 Å². The Kier molecular flexibility index (Phi) is 6.96. The van der Waals surface area contributed by atoms with E-state index in [2.05, 4.69) is 25.3 Å². The molecule has 0 aromatic carbocycles. The van der Waals surface area contributed by atoms with E-state index in [0.29, 0.717) is 6.42 Å². The first-order valence-electron chi connectivity index (χ1n) is 3.70. The molecular weight excluding hydrogens is 180 g/mol. The van der Waals surface area contributed by atoms with Crippen molar-refractivity contribution in [3.05, 3.63) is 0 Å². The van der Waals surface area contributed by atoms with Crippen molar-refractivity contribution in [3.8, 4) is 0 Å². The van der Waals surface area contributed by atoms with E-state index in [0.717, 1.165) is 25.0 Å². The van der Waals surface area contributed by atoms with Gasteiger partial charge in [-0.2, -0.15) is 25.3 Å². The maximum atomic E-state index is 10.3. The highest BCUT2D eigenvalue weighted by Crippen LogP contribution is 2.08. The summed E-state index contributed by atoms with van der Waals surface area (Å²) < 4.78 is 0. The first-order valence-corrected chi connectivity index (χ1v) is 4.85. The maximum Gasteiger partial charge on any atom is 0.316 e. The molecule has 0 saturated carbocycles. The molecule has 0 bridgehead atoms. The number of carbonyl (C=O) groups is 1. The summed E-state index contributed by atoms with van der Waals surface area (Å²) in [5.41, 5.74) is 0. The van der Waals surface area contributed by atoms with Gasteiger partial charge in [0.25, 0.3) is 0 Å². The fourth-order valence-electron chi connectivity index (χ4n) is 0.750. The third-order valence-electron chi connectivity index (χ3n) is 1.42. The SMILES string of the molecule is O=C(O)C(S)CCCCCS. The van der Waals surface area contributed by atoms with Crippen LogP contribution in [-0.2, 0) is 4.79 Å². The summed E-state index contributed by atoms with van der Waals surface area (Å²) in [5.74, 6) is 0.0591. The summed E-state index contributed by atoms with van der Waals surface area (Å²) in [5, 5.41) is 7.96. The fraction of sp³-hybridized carbons (Fsp3) is 0.857. The van der Waals surface area contributed by atoms with Gasteiger partial charge in [0.05, 0.1) is 5.25 Å². The number of hydrogen-bond donors (Lipinski definition) is 3. The molecule has 0 saturated heterocycles. The van der Waals surface area contributed by atoms with Crippen molar-refractivity contribution in [2.24, 2.45) is 0 Å². The molecule has 1 unspecified atom stereocenters. The van der Waals surface area contributed by atoms with Crippen molar-refractivity contribution < 1.29 is 9.90 Å². The Morgan fingerprint density at radius 2 is 2.00 bits per heavy atom. The molecule has 1 atom stereocenters. The molecule has 4 heteroatoms. The molecule has 2 nitrogen and oxygen atoms in total. The lowest BCUT2D eigenvalue weighted by Crippen LogP contribution is -2.12. The maximum absolute atomic E-state index is 10.3. The Balaban J connectivity index is 3.17. The third-order valence-corrected chi connectivity index (χ3v) is 2.22. The van der Waals surface area contributed by atoms with Crippen molar-refractivity contribution in [2.45, 2.75) is 30.9 Å². The average Bonchev–Trinajstić information content (AvgIpc) is 1.97. The van der Waals surface area contributed by atoms with Crippen LogP contribution in [0.3, 0.4) is 0 Å². The smallest absolute Gasteiger partial charge is 0.316 e. The van der Waals surface area contributed by atoms with E-state index in [1.807, 2.05) is 0 Å². The quantitative estimate of drug-likeness (QED) is 0.446. The summed E-state index contributed by atoms with van der Waals surface area (Å²) >= 11 is 7.96. The van der Waals surface area contributed by atoms with Crippen molar-refractivity contribution in [1.29, 1.82) is 0 Å². The normalized spacial score (nSPS) is 12.9. The number of unbranched alkanes of at least 4 members (excludes halogenated alkanes) is 2. The molecule has 0 aromatic rings. The molecule has 0 rings (SSSR count). The third kappa shape index (κ3) is 6.56. The molecule has 0 amide bonds. The van der Waals surface area contributed by atoms with Crippen LogP contribution in [0.25, 0.3) is 0 Å². The van der Waals surface area contributed by atoms with Crippen molar-refractivity contribution in [3.63, 3.8) is 0 Å². The number of aliphatic carboxylic acids is 1. The Labute approximate surface area is 78.2 Å². The van der Waals surface area contributed by atoms with E-state index in [1.165, 1.54) is 0 Å². The predicted molar refractivity (Wildman–Crippen MR) is 52.7 cm³/mol. The van der Waals surface area contributed by atoms with Gasteiger partial charge >= 0.3 is 5.97 Å². The molecule has 1 N–H and O–H groups in total. The van der Waals surface area contributed by atoms with Crippen LogP contribution in [0, 0.1) is 0 Å². The lowest BCUT2D eigenvalue weighted by molar-refractivity contribution is -0.136. The number of carboxylic acids is 1. The number of carboxylic acid groups (broad SMARTS) is 1. The zero-order valence-corrected chi connectivity index (χ0v) is 8.15. The average molecular weight is 194 g/mol. The number of hydrogen-bond acceptors (Lipinski definition) is 3. The molecule has 0 aliphatic heterocycles. The minimum atomic E-state index is -0.820. The standard InChI is InChI=1S/C7H14O2S2/c8-7(9)6(11)4-2-1-3-5-10/h6,10-11H,1-5H2,(H,8,9). The molecular formula is C7H14O2S2. The lowest BCUT2D eigenvalue weighted by atomic mass is 10.1. The van der Waals surface area contributed by atoms with Crippen LogP contribution in [0.1, 0.15) is 25.7 Å². The van der Waals surface area contributed by atoms with Crippen molar-refractivity contribution in [1.82, 2.24) is 0 Å². The second-order valence-corrected chi connectivity index (χ2v) is 3.50. The number of rotatable bonds is 6. The van der Waals surface area contributed by atoms with Gasteiger partial charge in [0.2, 0.25) is 0 Å². The molecule has 0 aliphatic rings. The van der Waals surface area contributed by atoms with Gasteiger partial charge in [-0.15, -0.1) is 0 Å². The molecule has 0 radical (unpaired) electrons. The number of thiol groups is 2. The molecule has 0 spiro atoms. The van der Waals surface area contributed by atoms with Crippen LogP contribution < -0.4 is 0 Å². The van der Waals surface area contributed by atoms with Crippen LogP contribution >= 0.6 is 25.3 Å². The minimum Gasteiger partial charge on any atom is -0.480 e. The molecule has 0 aromatic heterocycles. The molecule has 0 aliphatic carbocycles. The van der Waals surface area contributed by atoms with Crippen molar-refractivity contribution >= 4 is 31.2 Å². The summed E-state index contributed by atoms with van der Waals surface area (Å²) in [6.07, 6.45) is 3.70. The summed E-state index contributed by atoms with van der Waals surface area (Å²) in [6, 6.07) is 0. The van der Waals surface area contributed by atoms with Gasteiger partial charge in [0.15, 0.2) is 0 Å². The summed E-state index contributed by atoms with van der Waals surface area (Å²) in [4.78, 5) is 10.3. The summed E-state index contributed by atoms with van der Waals surface area (Å²) in [7, 11) is 0. The lowest BCUT2D eigenvalue weighted by Gasteiger charge is -2.03. The topological polar surface area (TPSA) is 37.3 Å². The zero-order chi connectivity index (χ0) is 8.69. The van der Waals surface area contributed by atoms with E-state index in [4.69, 9.17) is 5.11 Å². The largest absolute Gasteiger partial charge is 0.480 e. The van der Waals surface area contributed by atoms with E-state index in [-0.39, 0.29) is 0 Å². The van der Waals surface area contributed by atoms with E-state index < -0.39 is 11.2 Å². The van der Waals surface area contributed by atoms with Gasteiger partial charge in [-0.1, -0.05) is 12.8 Å². The zero-order valence-electron chi connectivity index (χ0n) is 6.36. The molecule has 0 fully saturated rings. The highest BCUT2D eigenvalue weighted by molar-refractivity contribution is 7.81. The molecule has 66 valence electrons. The van der Waals surface area contributed by atoms with Crippen LogP contribution in [0.15, 0.2) is 0 Å². The first kappa shape index (κ1) is 11.2. The highest BCUT2D eigenvalue weighted by atomic mass is 32.1. The van der Waals surface area contributed by atoms with Crippen LogP contribution in [0.2, 0.25) is 0 Å². The van der Waals surface area contributed by atoms with Crippen molar-refractivity contribution in [2.75, 3.05) is 5.75 Å². The monoisotopic (exact) mass is 194 g/mol. The highest BCUT2D eigenvalue weighted by Gasteiger charge is 2.09.